The first kappa shape index (κ1) is 22.6. The quantitative estimate of drug-likeness (QED) is 0.331. The molecule has 1 N–H and O–H groups in total. The molecule has 1 saturated heterocycles. The number of nitrogens with zero attached hydrogens (tertiary/aromatic N) is 2. The lowest BCUT2D eigenvalue weighted by atomic mass is 10.1. The number of para-hydroxylation sites is 2. The van der Waals surface area contributed by atoms with E-state index < -0.39 is 0 Å². The number of aromatic nitrogens is 1. The molecule has 0 aliphatic carbocycles. The second-order valence-electron chi connectivity index (χ2n) is 8.04. The summed E-state index contributed by atoms with van der Waals surface area (Å²) in [5.74, 6) is -0.647. The zero-order valence-electron chi connectivity index (χ0n) is 18.6. The maximum absolute atomic E-state index is 12.9. The number of hydrogen-bond donors (Lipinski definition) is 1. The average Bonchev–Trinajstić information content (AvgIpc) is 3.14. The van der Waals surface area contributed by atoms with Crippen LogP contribution in [0.2, 0.25) is 0 Å². The smallest absolute Gasteiger partial charge is 0.293 e. The summed E-state index contributed by atoms with van der Waals surface area (Å²) in [6, 6.07) is 23.7. The van der Waals surface area contributed by atoms with Crippen LogP contribution in [0.4, 0.5) is 4.79 Å². The first-order valence-corrected chi connectivity index (χ1v) is 11.9. The Morgan fingerprint density at radius 3 is 2.09 bits per heavy atom. The molecule has 8 heteroatoms. The molecule has 3 amide bonds. The molecule has 7 nitrogen and oxygen atoms in total. The van der Waals surface area contributed by atoms with Crippen molar-refractivity contribution in [2.75, 3.05) is 13.1 Å². The van der Waals surface area contributed by atoms with Gasteiger partial charge in [0, 0.05) is 23.9 Å². The lowest BCUT2D eigenvalue weighted by Gasteiger charge is -2.16. The number of nitrogens with one attached hydrogen (secondary N) is 1. The van der Waals surface area contributed by atoms with Crippen LogP contribution in [-0.4, -0.2) is 39.6 Å². The summed E-state index contributed by atoms with van der Waals surface area (Å²) >= 11 is 0.894. The van der Waals surface area contributed by atoms with E-state index in [1.807, 2.05) is 59.2 Å². The number of benzene rings is 3. The summed E-state index contributed by atoms with van der Waals surface area (Å²) in [5, 5.41) is 3.52. The van der Waals surface area contributed by atoms with E-state index in [0.29, 0.717) is 26.7 Å². The van der Waals surface area contributed by atoms with E-state index in [-0.39, 0.29) is 42.1 Å². The summed E-state index contributed by atoms with van der Waals surface area (Å²) in [4.78, 5) is 52.2. The van der Waals surface area contributed by atoms with Gasteiger partial charge in [-0.1, -0.05) is 54.6 Å². The standard InChI is InChI=1S/C27H21N3O4S/c31-24(17-30-21-12-6-4-10-19(21)25(32)20-11-5-7-13-22(20)30)28-14-15-29-26(33)23(35-27(29)34)16-18-8-2-1-3-9-18/h1-13,16H,14-15,17H2,(H,28,31)/b23-16-. The van der Waals surface area contributed by atoms with Crippen molar-refractivity contribution < 1.29 is 14.4 Å². The van der Waals surface area contributed by atoms with Gasteiger partial charge in [-0.05, 0) is 47.7 Å². The van der Waals surface area contributed by atoms with Gasteiger partial charge >= 0.3 is 0 Å². The number of rotatable bonds is 6. The highest BCUT2D eigenvalue weighted by atomic mass is 32.2. The summed E-state index contributed by atoms with van der Waals surface area (Å²) in [6.07, 6.45) is 1.69. The lowest BCUT2D eigenvalue weighted by Crippen LogP contribution is -2.38. The number of imide groups is 1. The average molecular weight is 484 g/mol. The second-order valence-corrected chi connectivity index (χ2v) is 9.04. The molecular weight excluding hydrogens is 462 g/mol. The minimum atomic E-state index is -0.365. The molecule has 0 atom stereocenters. The molecule has 35 heavy (non-hydrogen) atoms. The van der Waals surface area contributed by atoms with E-state index in [9.17, 15) is 19.2 Å². The molecule has 1 aliphatic heterocycles. The molecule has 1 aliphatic rings. The first-order chi connectivity index (χ1) is 17.0. The minimum absolute atomic E-state index is 0.00287. The van der Waals surface area contributed by atoms with Crippen LogP contribution < -0.4 is 10.7 Å². The van der Waals surface area contributed by atoms with Crippen molar-refractivity contribution in [2.24, 2.45) is 0 Å². The summed E-state index contributed by atoms with van der Waals surface area (Å²) in [6.45, 7) is 0.205. The summed E-state index contributed by atoms with van der Waals surface area (Å²) < 4.78 is 1.81. The number of fused-ring (bicyclic) bond motifs is 2. The summed E-state index contributed by atoms with van der Waals surface area (Å²) in [7, 11) is 0. The van der Waals surface area contributed by atoms with Crippen LogP contribution in [-0.2, 0) is 16.1 Å². The molecule has 0 bridgehead atoms. The zero-order chi connectivity index (χ0) is 24.4. The van der Waals surface area contributed by atoms with Gasteiger partial charge in [0.1, 0.15) is 6.54 Å². The maximum atomic E-state index is 12.9. The predicted molar refractivity (Wildman–Crippen MR) is 138 cm³/mol. The Hall–Kier alpha value is -4.17. The molecule has 1 aromatic heterocycles. The molecule has 4 aromatic rings. The molecule has 0 saturated carbocycles. The van der Waals surface area contributed by atoms with Crippen molar-refractivity contribution in [1.82, 2.24) is 14.8 Å². The SMILES string of the molecule is O=C(Cn1c2ccccc2c(=O)c2ccccc21)NCCN1C(=O)S/C(=C\c2ccccc2)C1=O. The number of amides is 3. The van der Waals surface area contributed by atoms with Crippen LogP contribution in [0.5, 0.6) is 0 Å². The van der Waals surface area contributed by atoms with E-state index in [0.717, 1.165) is 22.2 Å². The largest absolute Gasteiger partial charge is 0.353 e. The van der Waals surface area contributed by atoms with Crippen molar-refractivity contribution in [1.29, 1.82) is 0 Å². The van der Waals surface area contributed by atoms with E-state index in [4.69, 9.17) is 0 Å². The molecule has 0 unspecified atom stereocenters. The van der Waals surface area contributed by atoms with E-state index in [2.05, 4.69) is 5.32 Å². The number of carbonyl (C=O) groups is 3. The van der Waals surface area contributed by atoms with Crippen LogP contribution >= 0.6 is 11.8 Å². The number of hydrogen-bond acceptors (Lipinski definition) is 5. The van der Waals surface area contributed by atoms with Gasteiger partial charge in [0.15, 0.2) is 5.43 Å². The highest BCUT2D eigenvalue weighted by molar-refractivity contribution is 8.18. The van der Waals surface area contributed by atoms with Crippen molar-refractivity contribution in [3.05, 3.63) is 99.6 Å². The van der Waals surface area contributed by atoms with Crippen LogP contribution in [0.25, 0.3) is 27.9 Å². The molecule has 1 fully saturated rings. The third-order valence-electron chi connectivity index (χ3n) is 5.81. The Bertz CT molecular complexity index is 1500. The minimum Gasteiger partial charge on any atom is -0.353 e. The van der Waals surface area contributed by atoms with Gasteiger partial charge in [0.05, 0.1) is 15.9 Å². The Balaban J connectivity index is 1.29. The zero-order valence-corrected chi connectivity index (χ0v) is 19.5. The molecule has 174 valence electrons. The molecule has 0 radical (unpaired) electrons. The van der Waals surface area contributed by atoms with Crippen molar-refractivity contribution in [2.45, 2.75) is 6.54 Å². The van der Waals surface area contributed by atoms with Crippen LogP contribution in [0.3, 0.4) is 0 Å². The highest BCUT2D eigenvalue weighted by Gasteiger charge is 2.34. The number of pyridine rings is 1. The van der Waals surface area contributed by atoms with Gasteiger partial charge in [-0.2, -0.15) is 0 Å². The van der Waals surface area contributed by atoms with Crippen molar-refractivity contribution >= 4 is 56.7 Å². The Labute approximate surface area is 205 Å². The molecule has 2 heterocycles. The van der Waals surface area contributed by atoms with Crippen LogP contribution in [0, 0.1) is 0 Å². The Morgan fingerprint density at radius 2 is 1.43 bits per heavy atom. The molecule has 0 spiro atoms. The Morgan fingerprint density at radius 1 is 0.829 bits per heavy atom. The van der Waals surface area contributed by atoms with Gasteiger partial charge in [0.25, 0.3) is 11.1 Å². The van der Waals surface area contributed by atoms with Crippen LogP contribution in [0.15, 0.2) is 88.6 Å². The molecule has 3 aromatic carbocycles. The molecule has 5 rings (SSSR count). The third-order valence-corrected chi connectivity index (χ3v) is 6.72. The number of thioether (sulfide) groups is 1. The Kier molecular flexibility index (Phi) is 6.20. The number of carbonyl (C=O) groups excluding carboxylic acids is 3. The highest BCUT2D eigenvalue weighted by Crippen LogP contribution is 2.31. The predicted octanol–water partition coefficient (Wildman–Crippen LogP) is 4.01. The lowest BCUT2D eigenvalue weighted by molar-refractivity contribution is -0.124. The topological polar surface area (TPSA) is 88.5 Å². The maximum Gasteiger partial charge on any atom is 0.293 e. The van der Waals surface area contributed by atoms with Crippen LogP contribution in [0.1, 0.15) is 5.56 Å². The van der Waals surface area contributed by atoms with Gasteiger partial charge in [-0.25, -0.2) is 0 Å². The monoisotopic (exact) mass is 483 g/mol. The van der Waals surface area contributed by atoms with Gasteiger partial charge < -0.3 is 9.88 Å². The van der Waals surface area contributed by atoms with Gasteiger partial charge in [0.2, 0.25) is 5.91 Å². The van der Waals surface area contributed by atoms with E-state index >= 15 is 0 Å². The van der Waals surface area contributed by atoms with E-state index in [1.54, 1.807) is 30.3 Å². The first-order valence-electron chi connectivity index (χ1n) is 11.1. The molecular formula is C27H21N3O4S. The van der Waals surface area contributed by atoms with Gasteiger partial charge in [-0.3, -0.25) is 24.1 Å². The fourth-order valence-electron chi connectivity index (χ4n) is 4.15. The van der Waals surface area contributed by atoms with Crippen molar-refractivity contribution in [3.63, 3.8) is 0 Å². The van der Waals surface area contributed by atoms with E-state index in [1.165, 1.54) is 0 Å². The van der Waals surface area contributed by atoms with Crippen molar-refractivity contribution in [3.8, 4) is 0 Å². The second kappa shape index (κ2) is 9.60. The fourth-order valence-corrected chi connectivity index (χ4v) is 5.01. The normalized spacial score (nSPS) is 14.9. The van der Waals surface area contributed by atoms with Gasteiger partial charge in [-0.15, -0.1) is 0 Å². The summed E-state index contributed by atoms with van der Waals surface area (Å²) in [5.41, 5.74) is 2.11. The fraction of sp³-hybridized carbons (Fsp3) is 0.111. The third kappa shape index (κ3) is 4.48.